The van der Waals surface area contributed by atoms with Gasteiger partial charge in [0.05, 0.1) is 19.9 Å². The first kappa shape index (κ1) is 17.5. The van der Waals surface area contributed by atoms with E-state index in [1.807, 2.05) is 55.5 Å². The highest BCUT2D eigenvalue weighted by molar-refractivity contribution is 5.83. The van der Waals surface area contributed by atoms with E-state index in [2.05, 4.69) is 10.5 Å². The lowest BCUT2D eigenvalue weighted by molar-refractivity contribution is -0.121. The minimum Gasteiger partial charge on any atom is -0.493 e. The molecule has 126 valence electrons. The predicted octanol–water partition coefficient (Wildman–Crippen LogP) is 3.18. The number of nitrogens with one attached hydrogen (secondary N) is 1. The molecular formula is C19H22N2O3. The Morgan fingerprint density at radius 1 is 1.17 bits per heavy atom. The van der Waals surface area contributed by atoms with Gasteiger partial charge in [-0.25, -0.2) is 5.43 Å². The van der Waals surface area contributed by atoms with Gasteiger partial charge in [-0.15, -0.1) is 0 Å². The second-order valence-electron chi connectivity index (χ2n) is 5.12. The van der Waals surface area contributed by atoms with E-state index in [9.17, 15) is 4.79 Å². The molecule has 0 saturated heterocycles. The average Bonchev–Trinajstić information content (AvgIpc) is 2.62. The summed E-state index contributed by atoms with van der Waals surface area (Å²) in [4.78, 5) is 11.8. The third kappa shape index (κ3) is 5.43. The van der Waals surface area contributed by atoms with Crippen molar-refractivity contribution in [3.8, 4) is 11.5 Å². The van der Waals surface area contributed by atoms with Gasteiger partial charge >= 0.3 is 0 Å². The number of amides is 1. The fourth-order valence-corrected chi connectivity index (χ4v) is 2.18. The van der Waals surface area contributed by atoms with Gasteiger partial charge in [0.25, 0.3) is 0 Å². The Morgan fingerprint density at radius 2 is 1.96 bits per heavy atom. The van der Waals surface area contributed by atoms with Crippen LogP contribution < -0.4 is 14.9 Å². The third-order valence-electron chi connectivity index (χ3n) is 3.37. The topological polar surface area (TPSA) is 59.9 Å². The first-order chi connectivity index (χ1) is 11.7. The molecule has 5 heteroatoms. The molecule has 0 radical (unpaired) electrons. The van der Waals surface area contributed by atoms with Crippen LogP contribution in [0.1, 0.15) is 24.5 Å². The largest absolute Gasteiger partial charge is 0.493 e. The minimum absolute atomic E-state index is 0.118. The number of hydrazone groups is 1. The SMILES string of the molecule is CCOc1ccc(/C=N/NC(=O)CCc2ccccc2)cc1OC. The molecule has 24 heavy (non-hydrogen) atoms. The molecule has 2 rings (SSSR count). The van der Waals surface area contributed by atoms with Crippen LogP contribution in [0.2, 0.25) is 0 Å². The average molecular weight is 326 g/mol. The maximum absolute atomic E-state index is 11.8. The summed E-state index contributed by atoms with van der Waals surface area (Å²) in [6.07, 6.45) is 2.67. The van der Waals surface area contributed by atoms with Crippen LogP contribution >= 0.6 is 0 Å². The van der Waals surface area contributed by atoms with Crippen molar-refractivity contribution in [3.63, 3.8) is 0 Å². The molecule has 0 bridgehead atoms. The third-order valence-corrected chi connectivity index (χ3v) is 3.37. The van der Waals surface area contributed by atoms with Crippen molar-refractivity contribution in [2.45, 2.75) is 19.8 Å². The van der Waals surface area contributed by atoms with Crippen LogP contribution in [0.15, 0.2) is 53.6 Å². The fourth-order valence-electron chi connectivity index (χ4n) is 2.18. The van der Waals surface area contributed by atoms with Crippen LogP contribution in [0, 0.1) is 0 Å². The van der Waals surface area contributed by atoms with Crippen LogP contribution in [-0.2, 0) is 11.2 Å². The maximum Gasteiger partial charge on any atom is 0.240 e. The van der Waals surface area contributed by atoms with E-state index >= 15 is 0 Å². The van der Waals surface area contributed by atoms with Gasteiger partial charge in [-0.2, -0.15) is 5.10 Å². The number of hydrogen-bond donors (Lipinski definition) is 1. The zero-order chi connectivity index (χ0) is 17.2. The molecule has 0 atom stereocenters. The molecule has 0 aliphatic heterocycles. The molecule has 0 unspecified atom stereocenters. The van der Waals surface area contributed by atoms with Gasteiger partial charge in [0, 0.05) is 6.42 Å². The number of carbonyl (C=O) groups is 1. The normalized spacial score (nSPS) is 10.6. The summed E-state index contributed by atoms with van der Waals surface area (Å²) in [6.45, 7) is 2.49. The Hall–Kier alpha value is -2.82. The van der Waals surface area contributed by atoms with Crippen molar-refractivity contribution < 1.29 is 14.3 Å². The number of methoxy groups -OCH3 is 1. The Kier molecular flexibility index (Phi) is 6.83. The van der Waals surface area contributed by atoms with E-state index in [4.69, 9.17) is 9.47 Å². The molecule has 2 aromatic rings. The summed E-state index contributed by atoms with van der Waals surface area (Å²) in [6, 6.07) is 15.4. The van der Waals surface area contributed by atoms with Gasteiger partial charge in [-0.05, 0) is 42.7 Å². The smallest absolute Gasteiger partial charge is 0.240 e. The highest BCUT2D eigenvalue weighted by Gasteiger charge is 2.04. The van der Waals surface area contributed by atoms with Gasteiger partial charge in [-0.1, -0.05) is 30.3 Å². The Bertz CT molecular complexity index is 684. The minimum atomic E-state index is -0.118. The second-order valence-corrected chi connectivity index (χ2v) is 5.12. The number of rotatable bonds is 8. The number of ether oxygens (including phenoxy) is 2. The molecule has 0 heterocycles. The summed E-state index contributed by atoms with van der Waals surface area (Å²) in [5, 5.41) is 3.98. The van der Waals surface area contributed by atoms with Crippen LogP contribution in [0.4, 0.5) is 0 Å². The monoisotopic (exact) mass is 326 g/mol. The van der Waals surface area contributed by atoms with Crippen LogP contribution in [-0.4, -0.2) is 25.8 Å². The van der Waals surface area contributed by atoms with Crippen molar-refractivity contribution in [2.75, 3.05) is 13.7 Å². The molecule has 0 spiro atoms. The van der Waals surface area contributed by atoms with Crippen molar-refractivity contribution in [1.82, 2.24) is 5.43 Å². The van der Waals surface area contributed by atoms with Crippen molar-refractivity contribution >= 4 is 12.1 Å². The summed E-state index contributed by atoms with van der Waals surface area (Å²) in [5.74, 6) is 1.20. The van der Waals surface area contributed by atoms with Crippen LogP contribution in [0.3, 0.4) is 0 Å². The highest BCUT2D eigenvalue weighted by Crippen LogP contribution is 2.27. The molecular weight excluding hydrogens is 304 g/mol. The number of hydrogen-bond acceptors (Lipinski definition) is 4. The van der Waals surface area contributed by atoms with Gasteiger partial charge < -0.3 is 9.47 Å². The van der Waals surface area contributed by atoms with E-state index < -0.39 is 0 Å². The molecule has 0 fully saturated rings. The van der Waals surface area contributed by atoms with Crippen molar-refractivity contribution in [3.05, 3.63) is 59.7 Å². The summed E-state index contributed by atoms with van der Waals surface area (Å²) in [5.41, 5.74) is 4.49. The molecule has 0 aromatic heterocycles. The van der Waals surface area contributed by atoms with Gasteiger partial charge in [0.15, 0.2) is 11.5 Å². The standard InChI is InChI=1S/C19H22N2O3/c1-3-24-17-11-9-16(13-18(17)23-2)14-20-21-19(22)12-10-15-7-5-4-6-8-15/h4-9,11,13-14H,3,10,12H2,1-2H3,(H,21,22)/b20-14+. The summed E-state index contributed by atoms with van der Waals surface area (Å²) >= 11 is 0. The lowest BCUT2D eigenvalue weighted by Crippen LogP contribution is -2.17. The molecule has 5 nitrogen and oxygen atoms in total. The molecule has 1 amide bonds. The van der Waals surface area contributed by atoms with Gasteiger partial charge in [-0.3, -0.25) is 4.79 Å². The molecule has 0 aliphatic rings. The number of aryl methyl sites for hydroxylation is 1. The fraction of sp³-hybridized carbons (Fsp3) is 0.263. The Labute approximate surface area is 142 Å². The molecule has 0 saturated carbocycles. The molecule has 0 aliphatic carbocycles. The maximum atomic E-state index is 11.8. The first-order valence-electron chi connectivity index (χ1n) is 7.89. The van der Waals surface area contributed by atoms with E-state index in [-0.39, 0.29) is 5.91 Å². The second kappa shape index (κ2) is 9.35. The van der Waals surface area contributed by atoms with Gasteiger partial charge in [0.1, 0.15) is 0 Å². The molecule has 2 aromatic carbocycles. The number of benzene rings is 2. The van der Waals surface area contributed by atoms with E-state index in [0.29, 0.717) is 30.9 Å². The Morgan fingerprint density at radius 3 is 2.67 bits per heavy atom. The predicted molar refractivity (Wildman–Crippen MR) is 94.7 cm³/mol. The highest BCUT2D eigenvalue weighted by atomic mass is 16.5. The lowest BCUT2D eigenvalue weighted by atomic mass is 10.1. The summed E-state index contributed by atoms with van der Waals surface area (Å²) < 4.78 is 10.7. The number of carbonyl (C=O) groups excluding carboxylic acids is 1. The van der Waals surface area contributed by atoms with E-state index in [0.717, 1.165) is 11.1 Å². The van der Waals surface area contributed by atoms with Crippen LogP contribution in [0.25, 0.3) is 0 Å². The van der Waals surface area contributed by atoms with E-state index in [1.54, 1.807) is 13.3 Å². The van der Waals surface area contributed by atoms with Crippen molar-refractivity contribution in [2.24, 2.45) is 5.10 Å². The zero-order valence-corrected chi connectivity index (χ0v) is 14.0. The van der Waals surface area contributed by atoms with E-state index in [1.165, 1.54) is 0 Å². The quantitative estimate of drug-likeness (QED) is 0.599. The number of nitrogens with zero attached hydrogens (tertiary/aromatic N) is 1. The first-order valence-corrected chi connectivity index (χ1v) is 7.89. The van der Waals surface area contributed by atoms with Crippen molar-refractivity contribution in [1.29, 1.82) is 0 Å². The van der Waals surface area contributed by atoms with Crippen LogP contribution in [0.5, 0.6) is 11.5 Å². The van der Waals surface area contributed by atoms with Gasteiger partial charge in [0.2, 0.25) is 5.91 Å². The summed E-state index contributed by atoms with van der Waals surface area (Å²) in [7, 11) is 1.59. The zero-order valence-electron chi connectivity index (χ0n) is 14.0. The molecule has 1 N–H and O–H groups in total. The lowest BCUT2D eigenvalue weighted by Gasteiger charge is -2.09. The Balaban J connectivity index is 1.85.